The first-order valence-corrected chi connectivity index (χ1v) is 5.06. The molecule has 0 aliphatic carbocycles. The second kappa shape index (κ2) is 6.06. The van der Waals surface area contributed by atoms with Crippen molar-refractivity contribution in [3.8, 4) is 0 Å². The average Bonchev–Trinajstić information content (AvgIpc) is 2.32. The zero-order chi connectivity index (χ0) is 13.7. The molecule has 7 heteroatoms. The maximum absolute atomic E-state index is 13.2. The minimum atomic E-state index is -1.61. The topological polar surface area (TPSA) is 86.6 Å². The molecule has 0 aromatic heterocycles. The quantitative estimate of drug-likeness (QED) is 0.720. The number of carboxylic acid groups (broad SMARTS) is 1. The van der Waals surface area contributed by atoms with Crippen molar-refractivity contribution < 1.29 is 28.6 Å². The van der Waals surface area contributed by atoms with Crippen molar-refractivity contribution in [3.05, 3.63) is 35.4 Å². The first-order valence-electron chi connectivity index (χ1n) is 5.06. The average molecular weight is 259 g/mol. The van der Waals surface area contributed by atoms with Gasteiger partial charge in [0, 0.05) is 13.0 Å². The number of hydrogen-bond donors (Lipinski definition) is 3. The summed E-state index contributed by atoms with van der Waals surface area (Å²) in [6, 6.07) is 3.15. The number of hydrogen-bond acceptors (Lipinski definition) is 3. The van der Waals surface area contributed by atoms with E-state index in [2.05, 4.69) is 5.32 Å². The molecule has 98 valence electrons. The first-order chi connectivity index (χ1) is 8.43. The molecular formula is C11H11F2NO4. The highest BCUT2D eigenvalue weighted by atomic mass is 19.2. The number of carbonyl (C=O) groups excluding carboxylic acids is 1. The van der Waals surface area contributed by atoms with E-state index < -0.39 is 35.2 Å². The molecule has 1 atom stereocenters. The van der Waals surface area contributed by atoms with Gasteiger partial charge in [-0.05, 0) is 12.1 Å². The predicted molar refractivity (Wildman–Crippen MR) is 57.0 cm³/mol. The predicted octanol–water partition coefficient (Wildman–Crippen LogP) is 0.530. The van der Waals surface area contributed by atoms with Gasteiger partial charge in [0.2, 0.25) is 0 Å². The lowest BCUT2D eigenvalue weighted by atomic mass is 10.2. The van der Waals surface area contributed by atoms with Gasteiger partial charge < -0.3 is 15.5 Å². The number of nitrogens with one attached hydrogen (secondary N) is 1. The number of carbonyl (C=O) groups is 2. The van der Waals surface area contributed by atoms with E-state index in [-0.39, 0.29) is 13.0 Å². The highest BCUT2D eigenvalue weighted by molar-refractivity contribution is 5.94. The van der Waals surface area contributed by atoms with Crippen molar-refractivity contribution in [3.63, 3.8) is 0 Å². The van der Waals surface area contributed by atoms with Crippen LogP contribution < -0.4 is 5.32 Å². The van der Waals surface area contributed by atoms with E-state index in [1.165, 1.54) is 6.07 Å². The minimum Gasteiger partial charge on any atom is -0.479 e. The van der Waals surface area contributed by atoms with E-state index in [0.717, 1.165) is 12.1 Å². The van der Waals surface area contributed by atoms with Gasteiger partial charge in [-0.15, -0.1) is 0 Å². The number of aliphatic carboxylic acids is 1. The molecule has 0 fully saturated rings. The summed E-state index contributed by atoms with van der Waals surface area (Å²) in [5.41, 5.74) is -0.472. The summed E-state index contributed by atoms with van der Waals surface area (Å²) in [6.07, 6.45) is -1.83. The number of aliphatic hydroxyl groups excluding tert-OH is 1. The molecule has 0 bridgehead atoms. The summed E-state index contributed by atoms with van der Waals surface area (Å²) in [4.78, 5) is 21.7. The van der Waals surface area contributed by atoms with Gasteiger partial charge in [-0.2, -0.15) is 0 Å². The first kappa shape index (κ1) is 14.0. The standard InChI is InChI=1S/C11H11F2NO4/c12-7-3-1-2-6(9(7)13)10(16)14-5-4-8(15)11(17)18/h1-3,8,15H,4-5H2,(H,14,16)(H,17,18). The second-order valence-corrected chi connectivity index (χ2v) is 3.50. The van der Waals surface area contributed by atoms with Gasteiger partial charge >= 0.3 is 5.97 Å². The van der Waals surface area contributed by atoms with Crippen molar-refractivity contribution in [2.24, 2.45) is 0 Å². The number of benzene rings is 1. The number of aliphatic hydroxyl groups is 1. The minimum absolute atomic E-state index is 0.164. The van der Waals surface area contributed by atoms with Crippen molar-refractivity contribution in [1.82, 2.24) is 5.32 Å². The Morgan fingerprint density at radius 3 is 2.61 bits per heavy atom. The Morgan fingerprint density at radius 1 is 1.33 bits per heavy atom. The van der Waals surface area contributed by atoms with Gasteiger partial charge in [-0.3, -0.25) is 4.79 Å². The lowest BCUT2D eigenvalue weighted by Crippen LogP contribution is -2.30. The van der Waals surface area contributed by atoms with Crippen LogP contribution in [0.25, 0.3) is 0 Å². The number of carboxylic acids is 1. The molecule has 0 aliphatic heterocycles. The van der Waals surface area contributed by atoms with Crippen LogP contribution in [0.4, 0.5) is 8.78 Å². The SMILES string of the molecule is O=C(NCCC(O)C(=O)O)c1cccc(F)c1F. The van der Waals surface area contributed by atoms with Crippen molar-refractivity contribution in [2.75, 3.05) is 6.54 Å². The fourth-order valence-electron chi connectivity index (χ4n) is 1.22. The second-order valence-electron chi connectivity index (χ2n) is 3.50. The molecule has 3 N–H and O–H groups in total. The van der Waals surface area contributed by atoms with Gasteiger partial charge in [0.15, 0.2) is 17.7 Å². The third-order valence-corrected chi connectivity index (χ3v) is 2.18. The summed E-state index contributed by atoms with van der Waals surface area (Å²) in [7, 11) is 0. The van der Waals surface area contributed by atoms with Gasteiger partial charge in [0.25, 0.3) is 5.91 Å². The summed E-state index contributed by atoms with van der Waals surface area (Å²) < 4.78 is 26.0. The van der Waals surface area contributed by atoms with Crippen LogP contribution in [0.2, 0.25) is 0 Å². The monoisotopic (exact) mass is 259 g/mol. The third kappa shape index (κ3) is 3.49. The molecule has 1 amide bonds. The van der Waals surface area contributed by atoms with Crippen molar-refractivity contribution in [1.29, 1.82) is 0 Å². The van der Waals surface area contributed by atoms with Crippen LogP contribution in [0.1, 0.15) is 16.8 Å². The van der Waals surface area contributed by atoms with Crippen LogP contribution in [0, 0.1) is 11.6 Å². The van der Waals surface area contributed by atoms with Crippen LogP contribution >= 0.6 is 0 Å². The molecule has 18 heavy (non-hydrogen) atoms. The molecule has 1 aromatic carbocycles. The van der Waals surface area contributed by atoms with E-state index in [1.54, 1.807) is 0 Å². The Labute approximate surface area is 101 Å². The maximum Gasteiger partial charge on any atom is 0.332 e. The van der Waals surface area contributed by atoms with Crippen LogP contribution in [-0.2, 0) is 4.79 Å². The number of amides is 1. The molecule has 0 heterocycles. The van der Waals surface area contributed by atoms with E-state index in [1.807, 2.05) is 0 Å². The van der Waals surface area contributed by atoms with E-state index in [0.29, 0.717) is 0 Å². The fraction of sp³-hybridized carbons (Fsp3) is 0.273. The smallest absolute Gasteiger partial charge is 0.332 e. The molecule has 0 aliphatic rings. The lowest BCUT2D eigenvalue weighted by molar-refractivity contribution is -0.146. The normalized spacial score (nSPS) is 11.9. The highest BCUT2D eigenvalue weighted by Gasteiger charge is 2.16. The molecule has 0 radical (unpaired) electrons. The van der Waals surface area contributed by atoms with Crippen LogP contribution in [0.15, 0.2) is 18.2 Å². The van der Waals surface area contributed by atoms with Gasteiger partial charge in [0.1, 0.15) is 0 Å². The van der Waals surface area contributed by atoms with Crippen LogP contribution in [0.5, 0.6) is 0 Å². The molecule has 0 spiro atoms. The third-order valence-electron chi connectivity index (χ3n) is 2.18. The van der Waals surface area contributed by atoms with Crippen LogP contribution in [0.3, 0.4) is 0 Å². The molecule has 1 rings (SSSR count). The molecule has 1 unspecified atom stereocenters. The Bertz CT molecular complexity index is 464. The van der Waals surface area contributed by atoms with Crippen LogP contribution in [-0.4, -0.2) is 34.7 Å². The van der Waals surface area contributed by atoms with E-state index in [4.69, 9.17) is 10.2 Å². The lowest BCUT2D eigenvalue weighted by Gasteiger charge is -2.08. The highest BCUT2D eigenvalue weighted by Crippen LogP contribution is 2.10. The van der Waals surface area contributed by atoms with Crippen molar-refractivity contribution >= 4 is 11.9 Å². The summed E-state index contributed by atoms with van der Waals surface area (Å²) in [5, 5.41) is 19.5. The Hall–Kier alpha value is -2.02. The summed E-state index contributed by atoms with van der Waals surface area (Å²) >= 11 is 0. The Morgan fingerprint density at radius 2 is 2.00 bits per heavy atom. The largest absolute Gasteiger partial charge is 0.479 e. The summed E-state index contributed by atoms with van der Waals surface area (Å²) in [6.45, 7) is -0.164. The molecule has 1 aromatic rings. The van der Waals surface area contributed by atoms with E-state index in [9.17, 15) is 18.4 Å². The fourth-order valence-corrected chi connectivity index (χ4v) is 1.22. The van der Waals surface area contributed by atoms with Gasteiger partial charge in [0.05, 0.1) is 5.56 Å². The molecular weight excluding hydrogens is 248 g/mol. The Balaban J connectivity index is 2.56. The number of rotatable bonds is 5. The molecule has 0 saturated carbocycles. The Kier molecular flexibility index (Phi) is 4.73. The van der Waals surface area contributed by atoms with Gasteiger partial charge in [-0.25, -0.2) is 13.6 Å². The van der Waals surface area contributed by atoms with E-state index >= 15 is 0 Å². The van der Waals surface area contributed by atoms with Crippen molar-refractivity contribution in [2.45, 2.75) is 12.5 Å². The summed E-state index contributed by atoms with van der Waals surface area (Å²) in [5.74, 6) is -4.70. The molecule has 5 nitrogen and oxygen atoms in total. The zero-order valence-electron chi connectivity index (χ0n) is 9.19. The molecule has 0 saturated heterocycles. The zero-order valence-corrected chi connectivity index (χ0v) is 9.19. The van der Waals surface area contributed by atoms with Gasteiger partial charge in [-0.1, -0.05) is 6.07 Å². The number of halogens is 2. The maximum atomic E-state index is 13.2.